The molecule has 3 fully saturated rings. The van der Waals surface area contributed by atoms with Gasteiger partial charge in [-0.2, -0.15) is 0 Å². The predicted octanol–water partition coefficient (Wildman–Crippen LogP) is 0.714. The van der Waals surface area contributed by atoms with Gasteiger partial charge in [-0.3, -0.25) is 4.90 Å². The third kappa shape index (κ3) is 2.35. The van der Waals surface area contributed by atoms with Crippen molar-refractivity contribution in [3.63, 3.8) is 0 Å². The Bertz CT molecular complexity index is 164. The van der Waals surface area contributed by atoms with E-state index < -0.39 is 8.80 Å². The van der Waals surface area contributed by atoms with Crippen LogP contribution in [0.15, 0.2) is 0 Å². The maximum atomic E-state index is 5.83. The first-order chi connectivity index (χ1) is 6.85. The second-order valence-corrected chi connectivity index (χ2v) is 6.55. The first-order valence-electron chi connectivity index (χ1n) is 5.49. The van der Waals surface area contributed by atoms with E-state index in [1.807, 2.05) is 0 Å². The van der Waals surface area contributed by atoms with Gasteiger partial charge in [0, 0.05) is 25.7 Å². The molecule has 2 bridgehead atoms. The molecule has 0 aliphatic carbocycles. The average molecular weight is 217 g/mol. The summed E-state index contributed by atoms with van der Waals surface area (Å²) in [5, 5.41) is 0. The highest BCUT2D eigenvalue weighted by molar-refractivity contribution is 6.60. The molecular weight excluding hydrogens is 198 g/mol. The molecule has 0 saturated carbocycles. The van der Waals surface area contributed by atoms with Crippen molar-refractivity contribution in [1.29, 1.82) is 0 Å². The van der Waals surface area contributed by atoms with Crippen LogP contribution in [0, 0.1) is 0 Å². The molecule has 0 radical (unpaired) electrons. The zero-order valence-corrected chi connectivity index (χ0v) is 9.83. The number of nitrogens with zero attached hydrogens (tertiary/aromatic N) is 1. The van der Waals surface area contributed by atoms with Crippen LogP contribution in [0.1, 0.15) is 13.3 Å². The minimum atomic E-state index is -2.25. The van der Waals surface area contributed by atoms with E-state index in [1.165, 1.54) is 0 Å². The molecule has 3 aliphatic rings. The highest BCUT2D eigenvalue weighted by Gasteiger charge is 2.42. The van der Waals surface area contributed by atoms with E-state index >= 15 is 0 Å². The number of rotatable bonds is 2. The highest BCUT2D eigenvalue weighted by Crippen LogP contribution is 2.21. The fraction of sp³-hybridized carbons (Fsp3) is 1.00. The second kappa shape index (κ2) is 4.72. The van der Waals surface area contributed by atoms with Crippen molar-refractivity contribution < 1.29 is 13.3 Å². The SMILES string of the molecule is CCC[Si]12OCCN(CCO1)CCO2. The van der Waals surface area contributed by atoms with Gasteiger partial charge in [0.2, 0.25) is 0 Å². The van der Waals surface area contributed by atoms with Gasteiger partial charge in [0.1, 0.15) is 0 Å². The molecule has 3 heterocycles. The van der Waals surface area contributed by atoms with E-state index in [4.69, 9.17) is 13.3 Å². The molecular formula is C9H19NO3Si. The first-order valence-corrected chi connectivity index (χ1v) is 7.42. The summed E-state index contributed by atoms with van der Waals surface area (Å²) in [5.41, 5.74) is 0. The van der Waals surface area contributed by atoms with Gasteiger partial charge in [-0.05, 0) is 0 Å². The molecule has 3 aliphatic heterocycles. The van der Waals surface area contributed by atoms with Crippen molar-refractivity contribution in [2.75, 3.05) is 39.5 Å². The molecule has 0 unspecified atom stereocenters. The molecule has 0 aromatic heterocycles. The van der Waals surface area contributed by atoms with Gasteiger partial charge in [-0.15, -0.1) is 0 Å². The quantitative estimate of drug-likeness (QED) is 0.638. The lowest BCUT2D eigenvalue weighted by molar-refractivity contribution is -0.00832. The third-order valence-corrected chi connectivity index (χ3v) is 5.79. The van der Waals surface area contributed by atoms with Crippen molar-refractivity contribution >= 4 is 8.80 Å². The molecule has 0 amide bonds. The zero-order valence-electron chi connectivity index (χ0n) is 8.83. The van der Waals surface area contributed by atoms with E-state index in [9.17, 15) is 0 Å². The molecule has 0 aromatic carbocycles. The van der Waals surface area contributed by atoms with Crippen LogP contribution in [0.4, 0.5) is 0 Å². The molecule has 4 nitrogen and oxygen atoms in total. The Labute approximate surface area is 86.5 Å². The highest BCUT2D eigenvalue weighted by atomic mass is 28.4. The molecule has 3 saturated heterocycles. The Morgan fingerprint density at radius 3 is 1.93 bits per heavy atom. The molecule has 0 atom stereocenters. The van der Waals surface area contributed by atoms with Gasteiger partial charge in [-0.25, -0.2) is 0 Å². The summed E-state index contributed by atoms with van der Waals surface area (Å²) in [4.78, 5) is 2.34. The van der Waals surface area contributed by atoms with Crippen molar-refractivity contribution in [2.24, 2.45) is 0 Å². The summed E-state index contributed by atoms with van der Waals surface area (Å²) in [7, 11) is -2.25. The minimum Gasteiger partial charge on any atom is -0.372 e. The van der Waals surface area contributed by atoms with E-state index in [2.05, 4.69) is 11.8 Å². The van der Waals surface area contributed by atoms with Crippen molar-refractivity contribution in [2.45, 2.75) is 19.4 Å². The molecule has 0 spiro atoms. The second-order valence-electron chi connectivity index (χ2n) is 3.82. The third-order valence-electron chi connectivity index (χ3n) is 2.74. The molecule has 0 aromatic rings. The minimum absolute atomic E-state index is 0.770. The van der Waals surface area contributed by atoms with E-state index in [0.29, 0.717) is 0 Å². The lowest BCUT2D eigenvalue weighted by Gasteiger charge is -2.38. The van der Waals surface area contributed by atoms with Crippen LogP contribution in [0.25, 0.3) is 0 Å². The molecule has 82 valence electrons. The predicted molar refractivity (Wildman–Crippen MR) is 55.1 cm³/mol. The molecule has 14 heavy (non-hydrogen) atoms. The Kier molecular flexibility index (Phi) is 3.56. The lowest BCUT2D eigenvalue weighted by Crippen LogP contribution is -2.54. The number of fused-ring (bicyclic) bond motifs is 6. The number of hydrogen-bond acceptors (Lipinski definition) is 4. The van der Waals surface area contributed by atoms with Crippen LogP contribution in [-0.4, -0.2) is 53.2 Å². The zero-order chi connectivity index (χ0) is 9.86. The van der Waals surface area contributed by atoms with Gasteiger partial charge in [0.15, 0.2) is 0 Å². The van der Waals surface area contributed by atoms with Gasteiger partial charge in [0.05, 0.1) is 19.8 Å². The Hall–Kier alpha value is 0.0569. The molecule has 5 heteroatoms. The van der Waals surface area contributed by atoms with Gasteiger partial charge >= 0.3 is 8.80 Å². The summed E-state index contributed by atoms with van der Waals surface area (Å²) in [6.07, 6.45) is 1.08. The Balaban J connectivity index is 2.04. The first kappa shape index (κ1) is 10.6. The summed E-state index contributed by atoms with van der Waals surface area (Å²) >= 11 is 0. The van der Waals surface area contributed by atoms with Crippen molar-refractivity contribution in [3.8, 4) is 0 Å². The fourth-order valence-electron chi connectivity index (χ4n) is 1.97. The monoisotopic (exact) mass is 217 g/mol. The van der Waals surface area contributed by atoms with Crippen LogP contribution >= 0.6 is 0 Å². The lowest BCUT2D eigenvalue weighted by atomic mass is 10.4. The smallest absolute Gasteiger partial charge is 0.372 e. The molecule has 3 rings (SSSR count). The van der Waals surface area contributed by atoms with Crippen LogP contribution in [0.2, 0.25) is 6.04 Å². The van der Waals surface area contributed by atoms with Crippen molar-refractivity contribution in [1.82, 2.24) is 4.90 Å². The van der Waals surface area contributed by atoms with Crippen LogP contribution < -0.4 is 0 Å². The van der Waals surface area contributed by atoms with Gasteiger partial charge in [-0.1, -0.05) is 13.3 Å². The van der Waals surface area contributed by atoms with Crippen LogP contribution in [0.5, 0.6) is 0 Å². The van der Waals surface area contributed by atoms with Crippen LogP contribution in [0.3, 0.4) is 0 Å². The summed E-state index contributed by atoms with van der Waals surface area (Å²) in [6.45, 7) is 7.56. The Morgan fingerprint density at radius 1 is 1.00 bits per heavy atom. The maximum Gasteiger partial charge on any atom is 0.501 e. The Morgan fingerprint density at radius 2 is 1.50 bits per heavy atom. The largest absolute Gasteiger partial charge is 0.501 e. The summed E-state index contributed by atoms with van der Waals surface area (Å²) < 4.78 is 17.5. The van der Waals surface area contributed by atoms with Crippen LogP contribution in [-0.2, 0) is 13.3 Å². The van der Waals surface area contributed by atoms with Gasteiger partial charge in [0.25, 0.3) is 0 Å². The van der Waals surface area contributed by atoms with E-state index in [1.54, 1.807) is 0 Å². The summed E-state index contributed by atoms with van der Waals surface area (Å²) in [6, 6.07) is 0.965. The topological polar surface area (TPSA) is 30.9 Å². The normalized spacial score (nSPS) is 38.8. The van der Waals surface area contributed by atoms with E-state index in [-0.39, 0.29) is 0 Å². The standard InChI is InChI=1S/C9H19NO3Si/c1-2-9-14-11-6-3-10(4-7-12-14)5-8-13-14/h2-9H2,1H3. The molecule has 0 N–H and O–H groups in total. The van der Waals surface area contributed by atoms with E-state index in [0.717, 1.165) is 51.9 Å². The summed E-state index contributed by atoms with van der Waals surface area (Å²) in [5.74, 6) is 0. The van der Waals surface area contributed by atoms with Gasteiger partial charge < -0.3 is 13.3 Å². The maximum absolute atomic E-state index is 5.83. The number of hydrogen-bond donors (Lipinski definition) is 0. The fourth-order valence-corrected chi connectivity index (χ4v) is 4.48. The van der Waals surface area contributed by atoms with Crippen molar-refractivity contribution in [3.05, 3.63) is 0 Å². The average Bonchev–Trinajstić information content (AvgIpc) is 2.06.